The summed E-state index contributed by atoms with van der Waals surface area (Å²) in [7, 11) is 0. The van der Waals surface area contributed by atoms with Crippen molar-refractivity contribution in [2.45, 2.75) is 19.8 Å². The van der Waals surface area contributed by atoms with Gasteiger partial charge in [0.2, 0.25) is 5.91 Å². The molecule has 1 atom stereocenters. The fourth-order valence-electron chi connectivity index (χ4n) is 2.53. The second-order valence-corrected chi connectivity index (χ2v) is 5.73. The van der Waals surface area contributed by atoms with Crippen molar-refractivity contribution in [2.75, 3.05) is 19.6 Å². The standard InChI is InChI=1S/C15H19FN2O2/c1-15(14(17)20)6-7-18(10-15)9-13(19)8-11-2-4-12(16)5-3-11/h2-5H,6-10H2,1H3,(H2,17,20). The van der Waals surface area contributed by atoms with Crippen LogP contribution in [0.2, 0.25) is 0 Å². The Morgan fingerprint density at radius 3 is 2.55 bits per heavy atom. The summed E-state index contributed by atoms with van der Waals surface area (Å²) in [5.74, 6) is -0.561. The van der Waals surface area contributed by atoms with Crippen LogP contribution in [0.25, 0.3) is 0 Å². The highest BCUT2D eigenvalue weighted by molar-refractivity contribution is 5.84. The summed E-state index contributed by atoms with van der Waals surface area (Å²) in [5, 5.41) is 0. The lowest BCUT2D eigenvalue weighted by molar-refractivity contribution is -0.126. The lowest BCUT2D eigenvalue weighted by atomic mass is 9.89. The highest BCUT2D eigenvalue weighted by Gasteiger charge is 2.39. The number of Topliss-reactive ketones (excluding diaryl/α,β-unsaturated/α-hetero) is 1. The molecule has 1 amide bonds. The third-order valence-corrected chi connectivity index (χ3v) is 3.86. The van der Waals surface area contributed by atoms with Crippen LogP contribution >= 0.6 is 0 Å². The lowest BCUT2D eigenvalue weighted by Gasteiger charge is -2.20. The SMILES string of the molecule is CC1(C(N)=O)CCN(CC(=O)Cc2ccc(F)cc2)C1. The van der Waals surface area contributed by atoms with Gasteiger partial charge in [-0.2, -0.15) is 0 Å². The van der Waals surface area contributed by atoms with Gasteiger partial charge in [-0.25, -0.2) is 4.39 Å². The van der Waals surface area contributed by atoms with Crippen LogP contribution in [0.5, 0.6) is 0 Å². The number of nitrogens with zero attached hydrogens (tertiary/aromatic N) is 1. The van der Waals surface area contributed by atoms with Crippen LogP contribution in [0.3, 0.4) is 0 Å². The number of benzene rings is 1. The predicted octanol–water partition coefficient (Wildman–Crippen LogP) is 1.13. The molecule has 4 nitrogen and oxygen atoms in total. The average Bonchev–Trinajstić information content (AvgIpc) is 2.75. The summed E-state index contributed by atoms with van der Waals surface area (Å²) in [6.45, 7) is 3.37. The van der Waals surface area contributed by atoms with Gasteiger partial charge >= 0.3 is 0 Å². The van der Waals surface area contributed by atoms with E-state index in [1.165, 1.54) is 12.1 Å². The van der Waals surface area contributed by atoms with E-state index >= 15 is 0 Å². The Labute approximate surface area is 117 Å². The first-order chi connectivity index (χ1) is 9.39. The van der Waals surface area contributed by atoms with Crippen molar-refractivity contribution in [3.05, 3.63) is 35.6 Å². The van der Waals surface area contributed by atoms with E-state index in [1.54, 1.807) is 12.1 Å². The number of primary amides is 1. The molecule has 20 heavy (non-hydrogen) atoms. The van der Waals surface area contributed by atoms with Gasteiger partial charge in [0, 0.05) is 13.0 Å². The quantitative estimate of drug-likeness (QED) is 0.878. The second-order valence-electron chi connectivity index (χ2n) is 5.73. The first-order valence-electron chi connectivity index (χ1n) is 6.67. The number of hydrogen-bond acceptors (Lipinski definition) is 3. The molecule has 0 aliphatic carbocycles. The predicted molar refractivity (Wildman–Crippen MR) is 73.5 cm³/mol. The number of ketones is 1. The van der Waals surface area contributed by atoms with Crippen LogP contribution in [-0.2, 0) is 16.0 Å². The van der Waals surface area contributed by atoms with Gasteiger partial charge in [0.25, 0.3) is 0 Å². The molecule has 1 aromatic rings. The molecule has 1 fully saturated rings. The zero-order chi connectivity index (χ0) is 14.8. The summed E-state index contributed by atoms with van der Waals surface area (Å²) in [5.41, 5.74) is 5.64. The van der Waals surface area contributed by atoms with Gasteiger partial charge in [-0.05, 0) is 37.6 Å². The van der Waals surface area contributed by atoms with E-state index in [0.717, 1.165) is 5.56 Å². The average molecular weight is 278 g/mol. The van der Waals surface area contributed by atoms with Gasteiger partial charge in [-0.15, -0.1) is 0 Å². The fraction of sp³-hybridized carbons (Fsp3) is 0.467. The molecule has 5 heteroatoms. The molecule has 0 spiro atoms. The summed E-state index contributed by atoms with van der Waals surface area (Å²) in [4.78, 5) is 25.3. The van der Waals surface area contributed by atoms with Gasteiger partial charge in [0.15, 0.2) is 5.78 Å². The third kappa shape index (κ3) is 3.42. The summed E-state index contributed by atoms with van der Waals surface area (Å²) in [6, 6.07) is 5.93. The number of likely N-dealkylation sites (tertiary alicyclic amines) is 1. The van der Waals surface area contributed by atoms with Gasteiger partial charge in [-0.3, -0.25) is 14.5 Å². The van der Waals surface area contributed by atoms with Crippen molar-refractivity contribution in [3.8, 4) is 0 Å². The van der Waals surface area contributed by atoms with Crippen LogP contribution in [0.4, 0.5) is 4.39 Å². The van der Waals surface area contributed by atoms with E-state index < -0.39 is 5.41 Å². The van der Waals surface area contributed by atoms with Crippen molar-refractivity contribution in [1.29, 1.82) is 0 Å². The first kappa shape index (κ1) is 14.7. The molecule has 1 unspecified atom stereocenters. The number of hydrogen-bond donors (Lipinski definition) is 1. The topological polar surface area (TPSA) is 63.4 Å². The molecule has 108 valence electrons. The Hall–Kier alpha value is -1.75. The summed E-state index contributed by atoms with van der Waals surface area (Å²) in [6.07, 6.45) is 0.968. The van der Waals surface area contributed by atoms with E-state index in [0.29, 0.717) is 26.1 Å². The minimum Gasteiger partial charge on any atom is -0.369 e. The molecule has 1 heterocycles. The number of rotatable bonds is 5. The Bertz CT molecular complexity index is 515. The Morgan fingerprint density at radius 1 is 1.35 bits per heavy atom. The van der Waals surface area contributed by atoms with Crippen LogP contribution in [0.15, 0.2) is 24.3 Å². The third-order valence-electron chi connectivity index (χ3n) is 3.86. The normalized spacial score (nSPS) is 22.9. The monoisotopic (exact) mass is 278 g/mol. The number of amides is 1. The highest BCUT2D eigenvalue weighted by atomic mass is 19.1. The molecular weight excluding hydrogens is 259 g/mol. The molecular formula is C15H19FN2O2. The van der Waals surface area contributed by atoms with Crippen molar-refractivity contribution in [3.63, 3.8) is 0 Å². The zero-order valence-corrected chi connectivity index (χ0v) is 11.6. The largest absolute Gasteiger partial charge is 0.369 e. The maximum absolute atomic E-state index is 12.8. The summed E-state index contributed by atoms with van der Waals surface area (Å²) < 4.78 is 12.8. The van der Waals surface area contributed by atoms with Crippen LogP contribution in [0, 0.1) is 11.2 Å². The van der Waals surface area contributed by atoms with Gasteiger partial charge < -0.3 is 5.73 Å². The van der Waals surface area contributed by atoms with E-state index in [9.17, 15) is 14.0 Å². The second kappa shape index (κ2) is 5.71. The molecule has 0 saturated carbocycles. The van der Waals surface area contributed by atoms with E-state index in [4.69, 9.17) is 5.73 Å². The number of halogens is 1. The Balaban J connectivity index is 1.87. The molecule has 2 rings (SSSR count). The highest BCUT2D eigenvalue weighted by Crippen LogP contribution is 2.29. The number of nitrogens with two attached hydrogens (primary N) is 1. The molecule has 1 saturated heterocycles. The molecule has 0 bridgehead atoms. The smallest absolute Gasteiger partial charge is 0.224 e. The van der Waals surface area contributed by atoms with E-state index in [1.807, 2.05) is 11.8 Å². The molecule has 0 radical (unpaired) electrons. The Kier molecular flexibility index (Phi) is 4.18. The fourth-order valence-corrected chi connectivity index (χ4v) is 2.53. The number of carbonyl (C=O) groups is 2. The van der Waals surface area contributed by atoms with E-state index in [-0.39, 0.29) is 23.9 Å². The number of carbonyl (C=O) groups excluding carboxylic acids is 2. The van der Waals surface area contributed by atoms with E-state index in [2.05, 4.69) is 0 Å². The minimum absolute atomic E-state index is 0.0605. The first-order valence-corrected chi connectivity index (χ1v) is 6.67. The zero-order valence-electron chi connectivity index (χ0n) is 11.6. The van der Waals surface area contributed by atoms with Gasteiger partial charge in [0.1, 0.15) is 5.82 Å². The molecule has 1 aromatic carbocycles. The van der Waals surface area contributed by atoms with Crippen molar-refractivity contribution in [2.24, 2.45) is 11.1 Å². The Morgan fingerprint density at radius 2 is 2.00 bits per heavy atom. The molecule has 2 N–H and O–H groups in total. The van der Waals surface area contributed by atoms with Gasteiger partial charge in [-0.1, -0.05) is 12.1 Å². The van der Waals surface area contributed by atoms with Crippen molar-refractivity contribution < 1.29 is 14.0 Å². The van der Waals surface area contributed by atoms with Crippen LogP contribution in [-0.4, -0.2) is 36.2 Å². The minimum atomic E-state index is -0.532. The molecule has 1 aliphatic rings. The van der Waals surface area contributed by atoms with Gasteiger partial charge in [0.05, 0.1) is 12.0 Å². The maximum atomic E-state index is 12.8. The van der Waals surface area contributed by atoms with Crippen LogP contribution < -0.4 is 5.73 Å². The molecule has 0 aromatic heterocycles. The van der Waals surface area contributed by atoms with Crippen molar-refractivity contribution >= 4 is 11.7 Å². The maximum Gasteiger partial charge on any atom is 0.224 e. The summed E-state index contributed by atoms with van der Waals surface area (Å²) >= 11 is 0. The van der Waals surface area contributed by atoms with Crippen molar-refractivity contribution in [1.82, 2.24) is 4.90 Å². The lowest BCUT2D eigenvalue weighted by Crippen LogP contribution is -2.38. The van der Waals surface area contributed by atoms with Crippen LogP contribution in [0.1, 0.15) is 18.9 Å². The molecule has 1 aliphatic heterocycles.